The van der Waals surface area contributed by atoms with E-state index < -0.39 is 5.60 Å². The summed E-state index contributed by atoms with van der Waals surface area (Å²) >= 11 is 0. The summed E-state index contributed by atoms with van der Waals surface area (Å²) in [7, 11) is 0. The van der Waals surface area contributed by atoms with Crippen LogP contribution in [-0.2, 0) is 16.0 Å². The Balaban J connectivity index is 1.59. The van der Waals surface area contributed by atoms with Gasteiger partial charge in [-0.15, -0.1) is 0 Å². The van der Waals surface area contributed by atoms with Gasteiger partial charge in [0, 0.05) is 31.5 Å². The van der Waals surface area contributed by atoms with Crippen LogP contribution in [0.5, 0.6) is 0 Å². The third-order valence-corrected chi connectivity index (χ3v) is 4.90. The predicted octanol–water partition coefficient (Wildman–Crippen LogP) is 3.38. The Morgan fingerprint density at radius 2 is 2.17 bits per heavy atom. The molecule has 3 rings (SSSR count). The summed E-state index contributed by atoms with van der Waals surface area (Å²) in [5.74, 6) is 0. The maximum Gasteiger partial charge on any atom is 0.410 e. The molecule has 0 unspecified atom stereocenters. The third kappa shape index (κ3) is 6.05. The zero-order valence-electron chi connectivity index (χ0n) is 17.8. The maximum absolute atomic E-state index is 12.6. The summed E-state index contributed by atoms with van der Waals surface area (Å²) in [5, 5.41) is 3.59. The Morgan fingerprint density at radius 1 is 1.38 bits per heavy atom. The normalized spacial score (nSPS) is 18.5. The molecule has 29 heavy (non-hydrogen) atoms. The molecule has 1 aliphatic heterocycles. The summed E-state index contributed by atoms with van der Waals surface area (Å²) in [5.41, 5.74) is 1.81. The number of hydrogen-bond acceptors (Lipinski definition) is 5. The van der Waals surface area contributed by atoms with Gasteiger partial charge in [-0.2, -0.15) is 0 Å². The molecule has 1 N–H and O–H groups in total. The van der Waals surface area contributed by atoms with Gasteiger partial charge >= 0.3 is 6.09 Å². The highest BCUT2D eigenvalue weighted by Crippen LogP contribution is 2.19. The van der Waals surface area contributed by atoms with E-state index in [1.807, 2.05) is 48.6 Å². The first-order valence-electron chi connectivity index (χ1n) is 10.2. The lowest BCUT2D eigenvalue weighted by Gasteiger charge is -2.37. The van der Waals surface area contributed by atoms with E-state index >= 15 is 0 Å². The van der Waals surface area contributed by atoms with E-state index in [1.54, 1.807) is 12.5 Å². The first kappa shape index (κ1) is 21.3. The Labute approximate surface area is 173 Å². The van der Waals surface area contributed by atoms with Crippen LogP contribution in [0, 0.1) is 0 Å². The molecule has 0 radical (unpaired) electrons. The van der Waals surface area contributed by atoms with E-state index in [4.69, 9.17) is 9.47 Å². The second-order valence-electron chi connectivity index (χ2n) is 8.52. The number of benzene rings is 1. The van der Waals surface area contributed by atoms with Crippen LogP contribution >= 0.6 is 0 Å². The van der Waals surface area contributed by atoms with Gasteiger partial charge in [0.1, 0.15) is 5.60 Å². The maximum atomic E-state index is 12.6. The molecule has 2 aromatic rings. The third-order valence-electron chi connectivity index (χ3n) is 4.90. The van der Waals surface area contributed by atoms with Crippen molar-refractivity contribution in [3.63, 3.8) is 0 Å². The highest BCUT2D eigenvalue weighted by molar-refractivity contribution is 5.68. The standard InChI is InChI=1S/C22H32N4O3/c1-17(13-19-15-28-12-11-26(19)21(27)29-22(2,3)4)24-14-18-7-5-6-8-20(18)25-10-9-23-16-25/h5-10,16-17,19,24H,11-15H2,1-4H3/t17-,19+/m0/s1. The number of hydrogen-bond donors (Lipinski definition) is 1. The molecule has 2 heterocycles. The summed E-state index contributed by atoms with van der Waals surface area (Å²) in [6, 6.07) is 8.49. The number of imidazole rings is 1. The zero-order chi connectivity index (χ0) is 20.9. The van der Waals surface area contributed by atoms with E-state index in [1.165, 1.54) is 5.56 Å². The molecule has 1 aliphatic rings. The number of nitrogens with zero attached hydrogens (tertiary/aromatic N) is 3. The van der Waals surface area contributed by atoms with Gasteiger partial charge in [0.2, 0.25) is 0 Å². The van der Waals surface area contributed by atoms with E-state index in [0.717, 1.165) is 18.7 Å². The quantitative estimate of drug-likeness (QED) is 0.805. The van der Waals surface area contributed by atoms with Gasteiger partial charge in [-0.3, -0.25) is 0 Å². The van der Waals surface area contributed by atoms with Gasteiger partial charge in [0.15, 0.2) is 0 Å². The molecule has 0 spiro atoms. The molecule has 1 aromatic carbocycles. The number of para-hydroxylation sites is 1. The molecule has 1 amide bonds. The van der Waals surface area contributed by atoms with Gasteiger partial charge in [0.25, 0.3) is 0 Å². The van der Waals surface area contributed by atoms with Gasteiger partial charge in [-0.1, -0.05) is 18.2 Å². The number of amides is 1. The lowest BCUT2D eigenvalue weighted by atomic mass is 10.1. The van der Waals surface area contributed by atoms with Crippen LogP contribution in [0.2, 0.25) is 0 Å². The van der Waals surface area contributed by atoms with Crippen molar-refractivity contribution in [2.75, 3.05) is 19.8 Å². The fourth-order valence-electron chi connectivity index (χ4n) is 3.50. The van der Waals surface area contributed by atoms with Gasteiger partial charge in [-0.25, -0.2) is 9.78 Å². The molecule has 0 aliphatic carbocycles. The number of ether oxygens (including phenoxy) is 2. The predicted molar refractivity (Wildman–Crippen MR) is 112 cm³/mol. The molecule has 1 saturated heterocycles. The summed E-state index contributed by atoms with van der Waals surface area (Å²) < 4.78 is 13.2. The van der Waals surface area contributed by atoms with Crippen LogP contribution < -0.4 is 5.32 Å². The monoisotopic (exact) mass is 400 g/mol. The minimum Gasteiger partial charge on any atom is -0.444 e. The summed E-state index contributed by atoms with van der Waals surface area (Å²) in [4.78, 5) is 18.5. The molecule has 158 valence electrons. The van der Waals surface area contributed by atoms with E-state index in [-0.39, 0.29) is 18.2 Å². The van der Waals surface area contributed by atoms with Crippen LogP contribution in [0.1, 0.15) is 39.7 Å². The first-order valence-corrected chi connectivity index (χ1v) is 10.2. The molecule has 7 heteroatoms. The highest BCUT2D eigenvalue weighted by Gasteiger charge is 2.31. The molecule has 2 atom stereocenters. The average molecular weight is 401 g/mol. The van der Waals surface area contributed by atoms with Crippen LogP contribution in [0.15, 0.2) is 43.0 Å². The minimum absolute atomic E-state index is 0.00462. The Kier molecular flexibility index (Phi) is 6.92. The second kappa shape index (κ2) is 9.41. The largest absolute Gasteiger partial charge is 0.444 e. The number of aromatic nitrogens is 2. The van der Waals surface area contributed by atoms with Gasteiger partial charge in [-0.05, 0) is 45.7 Å². The number of morpholine rings is 1. The number of nitrogens with one attached hydrogen (secondary N) is 1. The average Bonchev–Trinajstić information content (AvgIpc) is 3.20. The lowest BCUT2D eigenvalue weighted by Crippen LogP contribution is -2.52. The van der Waals surface area contributed by atoms with Crippen molar-refractivity contribution in [1.82, 2.24) is 19.8 Å². The fourth-order valence-corrected chi connectivity index (χ4v) is 3.50. The molecule has 1 fully saturated rings. The van der Waals surface area contributed by atoms with Crippen LogP contribution in [0.25, 0.3) is 5.69 Å². The summed E-state index contributed by atoms with van der Waals surface area (Å²) in [6.07, 6.45) is 6.07. The second-order valence-corrected chi connectivity index (χ2v) is 8.52. The van der Waals surface area contributed by atoms with Crippen molar-refractivity contribution in [3.8, 4) is 5.69 Å². The molecule has 1 aromatic heterocycles. The van der Waals surface area contributed by atoms with Crippen LogP contribution in [0.3, 0.4) is 0 Å². The van der Waals surface area contributed by atoms with Crippen molar-refractivity contribution in [2.45, 2.75) is 58.3 Å². The lowest BCUT2D eigenvalue weighted by molar-refractivity contribution is -0.0356. The smallest absolute Gasteiger partial charge is 0.410 e. The minimum atomic E-state index is -0.499. The Hall–Kier alpha value is -2.38. The number of carbonyl (C=O) groups is 1. The van der Waals surface area contributed by atoms with Gasteiger partial charge in [0.05, 0.1) is 31.3 Å². The number of rotatable bonds is 6. The van der Waals surface area contributed by atoms with E-state index in [0.29, 0.717) is 19.8 Å². The topological polar surface area (TPSA) is 68.6 Å². The molecule has 7 nitrogen and oxygen atoms in total. The highest BCUT2D eigenvalue weighted by atomic mass is 16.6. The van der Waals surface area contributed by atoms with E-state index in [9.17, 15) is 4.79 Å². The van der Waals surface area contributed by atoms with Gasteiger partial charge < -0.3 is 24.3 Å². The number of carbonyl (C=O) groups excluding carboxylic acids is 1. The molecular formula is C22H32N4O3. The summed E-state index contributed by atoms with van der Waals surface area (Å²) in [6.45, 7) is 10.2. The first-order chi connectivity index (χ1) is 13.8. The van der Waals surface area contributed by atoms with Crippen molar-refractivity contribution in [3.05, 3.63) is 48.5 Å². The van der Waals surface area contributed by atoms with Crippen LogP contribution in [-0.4, -0.2) is 58.0 Å². The molecule has 0 bridgehead atoms. The van der Waals surface area contributed by atoms with Crippen LogP contribution in [0.4, 0.5) is 4.79 Å². The fraction of sp³-hybridized carbons (Fsp3) is 0.545. The van der Waals surface area contributed by atoms with Crippen molar-refractivity contribution < 1.29 is 14.3 Å². The SMILES string of the molecule is C[C@@H](C[C@@H]1COCCN1C(=O)OC(C)(C)C)NCc1ccccc1-n1ccnc1. The van der Waals surface area contributed by atoms with E-state index in [2.05, 4.69) is 29.4 Å². The zero-order valence-corrected chi connectivity index (χ0v) is 17.8. The molecular weight excluding hydrogens is 368 g/mol. The van der Waals surface area contributed by atoms with Crippen molar-refractivity contribution in [2.24, 2.45) is 0 Å². The van der Waals surface area contributed by atoms with Crippen molar-refractivity contribution in [1.29, 1.82) is 0 Å². The molecule has 0 saturated carbocycles. The van der Waals surface area contributed by atoms with Crippen molar-refractivity contribution >= 4 is 6.09 Å². The Bertz CT molecular complexity index is 786. The Morgan fingerprint density at radius 3 is 2.90 bits per heavy atom.